The molecule has 2 aromatic heterocycles. The van der Waals surface area contributed by atoms with E-state index in [-0.39, 0.29) is 5.56 Å². The first kappa shape index (κ1) is 24.1. The molecule has 0 aliphatic carbocycles. The Labute approximate surface area is 198 Å². The number of benzene rings is 2. The van der Waals surface area contributed by atoms with Crippen LogP contribution in [0.25, 0.3) is 22.5 Å². The summed E-state index contributed by atoms with van der Waals surface area (Å²) in [7, 11) is 0. The van der Waals surface area contributed by atoms with Gasteiger partial charge in [0.25, 0.3) is 5.91 Å². The number of hydrogen-bond donors (Lipinski definition) is 1. The zero-order chi connectivity index (χ0) is 25.3. The van der Waals surface area contributed by atoms with Crippen molar-refractivity contribution in [3.8, 4) is 22.5 Å². The molecule has 2 aromatic carbocycles. The number of nitrogens with zero attached hydrogens (tertiary/aromatic N) is 2. The average molecular weight is 483 g/mol. The summed E-state index contributed by atoms with van der Waals surface area (Å²) in [5.74, 6) is -0.495. The topological polar surface area (TPSA) is 68.0 Å². The van der Waals surface area contributed by atoms with Crippen LogP contribution in [-0.2, 0) is 6.18 Å². The van der Waals surface area contributed by atoms with Crippen LogP contribution in [0.3, 0.4) is 0 Å². The third-order valence-electron chi connectivity index (χ3n) is 5.56. The Kier molecular flexibility index (Phi) is 6.43. The molecule has 35 heavy (non-hydrogen) atoms. The fourth-order valence-electron chi connectivity index (χ4n) is 3.67. The van der Waals surface area contributed by atoms with Gasteiger partial charge in [0.1, 0.15) is 11.5 Å². The van der Waals surface area contributed by atoms with Gasteiger partial charge in [-0.3, -0.25) is 9.78 Å². The Morgan fingerprint density at radius 1 is 1.00 bits per heavy atom. The van der Waals surface area contributed by atoms with E-state index in [0.717, 1.165) is 17.8 Å². The second kappa shape index (κ2) is 9.32. The van der Waals surface area contributed by atoms with E-state index in [1.807, 2.05) is 0 Å². The van der Waals surface area contributed by atoms with Gasteiger partial charge in [-0.05, 0) is 67.8 Å². The first-order chi connectivity index (χ1) is 16.5. The van der Waals surface area contributed by atoms with Crippen LogP contribution in [0.5, 0.6) is 0 Å². The number of aryl methyl sites for hydroxylation is 2. The van der Waals surface area contributed by atoms with Crippen LogP contribution in [0.2, 0.25) is 0 Å². The van der Waals surface area contributed by atoms with Gasteiger partial charge in [0.2, 0.25) is 0 Å². The van der Waals surface area contributed by atoms with Crippen molar-refractivity contribution in [3.05, 3.63) is 95.0 Å². The third-order valence-corrected chi connectivity index (χ3v) is 5.56. The normalized spacial score (nSPS) is 12.4. The maximum atomic E-state index is 14.7. The van der Waals surface area contributed by atoms with Crippen molar-refractivity contribution in [2.24, 2.45) is 0 Å². The van der Waals surface area contributed by atoms with Crippen LogP contribution >= 0.6 is 0 Å². The van der Waals surface area contributed by atoms with Gasteiger partial charge in [0.15, 0.2) is 12.2 Å². The molecule has 4 rings (SSSR count). The van der Waals surface area contributed by atoms with Crippen LogP contribution in [0.15, 0.2) is 65.5 Å². The van der Waals surface area contributed by atoms with E-state index in [0.29, 0.717) is 33.7 Å². The molecule has 0 bridgehead atoms. The van der Waals surface area contributed by atoms with Gasteiger partial charge in [0.05, 0.1) is 11.7 Å². The summed E-state index contributed by atoms with van der Waals surface area (Å²) in [6, 6.07) is 11.2. The molecule has 1 atom stereocenters. The second-order valence-corrected chi connectivity index (χ2v) is 8.22. The van der Waals surface area contributed by atoms with Gasteiger partial charge in [-0.2, -0.15) is 13.2 Å². The highest BCUT2D eigenvalue weighted by Gasteiger charge is 2.32. The number of carbonyl (C=O) groups excluding carboxylic acids is 1. The molecule has 0 aliphatic heterocycles. The maximum Gasteiger partial charge on any atom is 0.433 e. The molecule has 0 saturated heterocycles. The van der Waals surface area contributed by atoms with Crippen molar-refractivity contribution in [1.29, 1.82) is 0 Å². The smallest absolute Gasteiger partial charge is 0.433 e. The van der Waals surface area contributed by atoms with Gasteiger partial charge in [-0.25, -0.2) is 9.37 Å². The predicted octanol–water partition coefficient (Wildman–Crippen LogP) is 6.67. The number of hydrogen-bond acceptors (Lipinski definition) is 4. The fourth-order valence-corrected chi connectivity index (χ4v) is 3.67. The van der Waals surface area contributed by atoms with Crippen molar-refractivity contribution in [1.82, 2.24) is 15.3 Å². The van der Waals surface area contributed by atoms with E-state index in [4.69, 9.17) is 4.42 Å². The van der Waals surface area contributed by atoms with Gasteiger partial charge < -0.3 is 9.73 Å². The monoisotopic (exact) mass is 483 g/mol. The zero-order valence-corrected chi connectivity index (χ0v) is 19.1. The highest BCUT2D eigenvalue weighted by atomic mass is 19.4. The predicted molar refractivity (Wildman–Crippen MR) is 122 cm³/mol. The zero-order valence-electron chi connectivity index (χ0n) is 19.1. The average Bonchev–Trinajstić information content (AvgIpc) is 3.24. The molecular formula is C26H21F4N3O2. The van der Waals surface area contributed by atoms with E-state index in [2.05, 4.69) is 15.3 Å². The molecule has 0 saturated carbocycles. The Morgan fingerprint density at radius 2 is 1.74 bits per heavy atom. The molecule has 0 aliphatic rings. The minimum absolute atomic E-state index is 0.222. The highest BCUT2D eigenvalue weighted by molar-refractivity contribution is 5.97. The van der Waals surface area contributed by atoms with Gasteiger partial charge in [-0.1, -0.05) is 18.2 Å². The van der Waals surface area contributed by atoms with E-state index >= 15 is 0 Å². The van der Waals surface area contributed by atoms with Crippen LogP contribution in [0, 0.1) is 19.7 Å². The standard InChI is InChI=1S/C26H21F4N3O2/c1-14-4-6-21(22(27)8-14)18-9-19(24-16(3)32-13-35-24)11-20(10-18)25(34)33-15(2)17-5-7-23(31-12-17)26(28,29)30/h4-13,15H,1-3H3,(H,33,34)/t15-/m1/s1. The maximum absolute atomic E-state index is 14.7. The molecule has 0 fully saturated rings. The molecule has 5 nitrogen and oxygen atoms in total. The lowest BCUT2D eigenvalue weighted by atomic mass is 9.96. The lowest BCUT2D eigenvalue weighted by Crippen LogP contribution is -2.27. The second-order valence-electron chi connectivity index (χ2n) is 8.22. The molecule has 0 radical (unpaired) electrons. The number of pyridine rings is 1. The molecule has 0 spiro atoms. The molecule has 4 aromatic rings. The van der Waals surface area contributed by atoms with Crippen LogP contribution in [0.4, 0.5) is 17.6 Å². The van der Waals surface area contributed by atoms with E-state index in [1.54, 1.807) is 51.1 Å². The Hall–Kier alpha value is -4.01. The van der Waals surface area contributed by atoms with Crippen molar-refractivity contribution < 1.29 is 26.8 Å². The first-order valence-electron chi connectivity index (χ1n) is 10.7. The summed E-state index contributed by atoms with van der Waals surface area (Å²) in [5, 5.41) is 2.76. The third kappa shape index (κ3) is 5.24. The summed E-state index contributed by atoms with van der Waals surface area (Å²) in [5.41, 5.74) is 2.27. The molecule has 180 valence electrons. The number of carbonyl (C=O) groups is 1. The molecule has 2 heterocycles. The molecule has 1 amide bonds. The van der Waals surface area contributed by atoms with Crippen molar-refractivity contribution >= 4 is 5.91 Å². The van der Waals surface area contributed by atoms with Crippen LogP contribution in [0.1, 0.15) is 45.8 Å². The van der Waals surface area contributed by atoms with E-state index < -0.39 is 29.6 Å². The largest absolute Gasteiger partial charge is 0.443 e. The SMILES string of the molecule is Cc1ccc(-c2cc(C(=O)N[C@H](C)c3ccc(C(F)(F)F)nc3)cc(-c3ocnc3C)c2)c(F)c1. The summed E-state index contributed by atoms with van der Waals surface area (Å²) in [6.45, 7) is 5.15. The van der Waals surface area contributed by atoms with Crippen molar-refractivity contribution in [2.75, 3.05) is 0 Å². The molecular weight excluding hydrogens is 462 g/mol. The first-order valence-corrected chi connectivity index (χ1v) is 10.7. The van der Waals surface area contributed by atoms with Crippen LogP contribution in [-0.4, -0.2) is 15.9 Å². The highest BCUT2D eigenvalue weighted by Crippen LogP contribution is 2.32. The van der Waals surface area contributed by atoms with E-state index in [1.165, 1.54) is 18.5 Å². The Balaban J connectivity index is 1.68. The number of halogens is 4. The quantitative estimate of drug-likeness (QED) is 0.322. The number of oxazole rings is 1. The molecule has 1 N–H and O–H groups in total. The van der Waals surface area contributed by atoms with Gasteiger partial charge in [-0.15, -0.1) is 0 Å². The van der Waals surface area contributed by atoms with Gasteiger partial charge >= 0.3 is 6.18 Å². The number of nitrogens with one attached hydrogen (secondary N) is 1. The van der Waals surface area contributed by atoms with Crippen molar-refractivity contribution in [3.63, 3.8) is 0 Å². The summed E-state index contributed by atoms with van der Waals surface area (Å²) >= 11 is 0. The van der Waals surface area contributed by atoms with Crippen LogP contribution < -0.4 is 5.32 Å². The molecule has 9 heteroatoms. The lowest BCUT2D eigenvalue weighted by Gasteiger charge is -2.16. The summed E-state index contributed by atoms with van der Waals surface area (Å²) in [6.07, 6.45) is -2.19. The summed E-state index contributed by atoms with van der Waals surface area (Å²) < 4.78 is 58.6. The summed E-state index contributed by atoms with van der Waals surface area (Å²) in [4.78, 5) is 20.7. The minimum atomic E-state index is -4.55. The minimum Gasteiger partial charge on any atom is -0.443 e. The number of alkyl halides is 3. The Bertz CT molecular complexity index is 1380. The number of rotatable bonds is 5. The number of amides is 1. The van der Waals surface area contributed by atoms with Crippen molar-refractivity contribution in [2.45, 2.75) is 33.0 Å². The van der Waals surface area contributed by atoms with E-state index in [9.17, 15) is 22.4 Å². The van der Waals surface area contributed by atoms with Gasteiger partial charge in [0, 0.05) is 22.9 Å². The fraction of sp³-hybridized carbons (Fsp3) is 0.192. The Morgan fingerprint density at radius 3 is 2.34 bits per heavy atom. The number of aromatic nitrogens is 2. The lowest BCUT2D eigenvalue weighted by molar-refractivity contribution is -0.141. The molecule has 0 unspecified atom stereocenters.